The van der Waals surface area contributed by atoms with Crippen LogP contribution in [-0.4, -0.2) is 97.4 Å². The van der Waals surface area contributed by atoms with E-state index in [9.17, 15) is 8.42 Å². The molecule has 0 spiro atoms. The Hall–Kier alpha value is -3.77. The molecule has 0 unspecified atom stereocenters. The topological polar surface area (TPSA) is 88.5 Å². The number of hydrogen-bond acceptors (Lipinski definition) is 8. The van der Waals surface area contributed by atoms with E-state index < -0.39 is 10.1 Å². The van der Waals surface area contributed by atoms with Crippen LogP contribution in [-0.2, 0) is 14.3 Å². The molecule has 0 amide bonds. The third-order valence-electron chi connectivity index (χ3n) is 8.86. The fraction of sp³-hybridized carbons (Fsp3) is 0.488. The van der Waals surface area contributed by atoms with Gasteiger partial charge in [0.15, 0.2) is 0 Å². The number of aliphatic hydroxyl groups is 1. The number of aryl methyl sites for hydroxylation is 1. The molecule has 2 saturated heterocycles. The largest absolute Gasteiger partial charge is 0.494 e. The summed E-state index contributed by atoms with van der Waals surface area (Å²) in [4.78, 5) is 5.21. The highest BCUT2D eigenvalue weighted by Gasteiger charge is 2.14. The van der Waals surface area contributed by atoms with E-state index >= 15 is 0 Å². The predicted octanol–water partition coefficient (Wildman–Crippen LogP) is 6.69. The van der Waals surface area contributed by atoms with Crippen molar-refractivity contribution in [3.05, 3.63) is 89.5 Å². The third kappa shape index (κ3) is 17.7. The molecule has 0 saturated carbocycles. The molecule has 10 heteroatoms. The van der Waals surface area contributed by atoms with Crippen LogP contribution in [0.15, 0.2) is 77.7 Å². The first kappa shape index (κ1) is 43.6. The molecule has 0 atom stereocenters. The van der Waals surface area contributed by atoms with Crippen LogP contribution in [0.25, 0.3) is 0 Å². The van der Waals surface area contributed by atoms with Gasteiger partial charge in [0.05, 0.1) is 31.3 Å². The summed E-state index contributed by atoms with van der Waals surface area (Å²) in [6.45, 7) is 10.7. The summed E-state index contributed by atoms with van der Waals surface area (Å²) in [5.41, 5.74) is 2.82. The average Bonchev–Trinajstić information content (AvgIpc) is 3.17. The van der Waals surface area contributed by atoms with Crippen LogP contribution in [0, 0.1) is 30.6 Å². The highest BCUT2D eigenvalue weighted by Crippen LogP contribution is 2.16. The van der Waals surface area contributed by atoms with Gasteiger partial charge in [-0.05, 0) is 132 Å². The Kier molecular flexibility index (Phi) is 20.8. The summed E-state index contributed by atoms with van der Waals surface area (Å²) in [6, 6.07) is 22.1. The van der Waals surface area contributed by atoms with Crippen molar-refractivity contribution >= 4 is 18.5 Å². The lowest BCUT2D eigenvalue weighted by atomic mass is 10.1. The number of nitrogens with zero attached hydrogens (tertiary/aromatic N) is 2. The van der Waals surface area contributed by atoms with Crippen LogP contribution in [0.4, 0.5) is 0 Å². The molecular formula is C43H56BN2O6S. The maximum atomic E-state index is 12.1. The van der Waals surface area contributed by atoms with Crippen molar-refractivity contribution in [2.24, 2.45) is 0 Å². The van der Waals surface area contributed by atoms with E-state index in [2.05, 4.69) is 33.5 Å². The van der Waals surface area contributed by atoms with E-state index in [1.165, 1.54) is 64.7 Å². The summed E-state index contributed by atoms with van der Waals surface area (Å²) in [5.74, 6) is 13.7. The number of aliphatic hydroxyl groups excluding tert-OH is 1. The Balaban J connectivity index is 0.000000301. The van der Waals surface area contributed by atoms with Crippen molar-refractivity contribution in [3.63, 3.8) is 0 Å². The van der Waals surface area contributed by atoms with Gasteiger partial charge in [0, 0.05) is 45.5 Å². The van der Waals surface area contributed by atoms with Gasteiger partial charge >= 0.3 is 0 Å². The van der Waals surface area contributed by atoms with Gasteiger partial charge < -0.3 is 24.4 Å². The van der Waals surface area contributed by atoms with Gasteiger partial charge in [-0.25, -0.2) is 0 Å². The van der Waals surface area contributed by atoms with Crippen molar-refractivity contribution in [2.75, 3.05) is 65.7 Å². The van der Waals surface area contributed by atoms with E-state index in [0.29, 0.717) is 19.4 Å². The quantitative estimate of drug-likeness (QED) is 0.0799. The lowest BCUT2D eigenvalue weighted by Gasteiger charge is -2.26. The normalized spacial score (nSPS) is 14.6. The zero-order valence-electron chi connectivity index (χ0n) is 31.4. The zero-order chi connectivity index (χ0) is 36.7. The minimum absolute atomic E-state index is 0. The van der Waals surface area contributed by atoms with Gasteiger partial charge in [-0.1, -0.05) is 54.2 Å². The lowest BCUT2D eigenvalue weighted by Crippen LogP contribution is -2.31. The van der Waals surface area contributed by atoms with Crippen molar-refractivity contribution in [2.45, 2.75) is 76.0 Å². The van der Waals surface area contributed by atoms with Gasteiger partial charge in [0.1, 0.15) is 11.5 Å². The molecule has 3 aromatic carbocycles. The summed E-state index contributed by atoms with van der Waals surface area (Å²) < 4.78 is 40.9. The van der Waals surface area contributed by atoms with Gasteiger partial charge in [0.25, 0.3) is 10.1 Å². The zero-order valence-corrected chi connectivity index (χ0v) is 32.3. The maximum Gasteiger partial charge on any atom is 0.297 e. The van der Waals surface area contributed by atoms with E-state index in [-0.39, 0.29) is 26.5 Å². The summed E-state index contributed by atoms with van der Waals surface area (Å²) >= 11 is 0. The highest BCUT2D eigenvalue weighted by molar-refractivity contribution is 7.86. The summed E-state index contributed by atoms with van der Waals surface area (Å²) in [6.07, 6.45) is 11.1. The van der Waals surface area contributed by atoms with Gasteiger partial charge in [0.2, 0.25) is 0 Å². The molecule has 2 aliphatic heterocycles. The average molecular weight is 740 g/mol. The van der Waals surface area contributed by atoms with Crippen LogP contribution < -0.4 is 9.47 Å². The van der Waals surface area contributed by atoms with E-state index in [1.54, 1.807) is 24.3 Å². The van der Waals surface area contributed by atoms with Crippen molar-refractivity contribution in [1.29, 1.82) is 0 Å². The fourth-order valence-corrected chi connectivity index (χ4v) is 6.86. The van der Waals surface area contributed by atoms with Gasteiger partial charge in [-0.15, -0.1) is 0 Å². The minimum atomic E-state index is -3.73. The molecule has 283 valence electrons. The number of likely N-dealkylation sites (tertiary alicyclic amines) is 2. The fourth-order valence-electron chi connectivity index (χ4n) is 5.95. The molecule has 1 N–H and O–H groups in total. The number of benzene rings is 3. The molecule has 2 aliphatic rings. The molecule has 5 rings (SSSR count). The monoisotopic (exact) mass is 739 g/mol. The first-order valence-electron chi connectivity index (χ1n) is 18.9. The Morgan fingerprint density at radius 2 is 1.08 bits per heavy atom. The molecule has 3 aromatic rings. The second-order valence-corrected chi connectivity index (χ2v) is 14.8. The standard InChI is InChI=1S/C25H31NO4S.C18H25NO2.B/c1-22-9-15-25(16-10-22)31(27,28)30-21-6-3-8-23-11-13-24(14-12-23)29-20-7-19-26-17-4-2-5-18-26;20-15-5-2-7-17-8-10-18(11-9-17)21-16-6-14-19-12-3-1-4-13-19;/h9-16H,2,4-7,17-21H2,1H3;8-11,20H,1,3-6,12-16H2;. The van der Waals surface area contributed by atoms with E-state index in [0.717, 1.165) is 60.7 Å². The van der Waals surface area contributed by atoms with Gasteiger partial charge in [-0.3, -0.25) is 4.18 Å². The van der Waals surface area contributed by atoms with E-state index in [4.69, 9.17) is 18.8 Å². The number of ether oxygens (including phenoxy) is 2. The predicted molar refractivity (Wildman–Crippen MR) is 214 cm³/mol. The molecule has 2 fully saturated rings. The molecule has 8 nitrogen and oxygen atoms in total. The van der Waals surface area contributed by atoms with Crippen LogP contribution in [0.3, 0.4) is 0 Å². The Labute approximate surface area is 320 Å². The molecular weight excluding hydrogens is 683 g/mol. The number of hydrogen-bond donors (Lipinski definition) is 1. The third-order valence-corrected chi connectivity index (χ3v) is 10.2. The van der Waals surface area contributed by atoms with Crippen LogP contribution in [0.1, 0.15) is 80.9 Å². The molecule has 0 aromatic heterocycles. The van der Waals surface area contributed by atoms with Gasteiger partial charge in [-0.2, -0.15) is 8.42 Å². The van der Waals surface area contributed by atoms with Crippen LogP contribution in [0.5, 0.6) is 11.5 Å². The molecule has 0 aliphatic carbocycles. The molecule has 0 bridgehead atoms. The SMILES string of the molecule is Cc1ccc(S(=O)(=O)OCCC#Cc2ccc(OCCCN3CCCCC3)cc2)cc1.OCCC#Cc1ccc(OCCCN2CCCCC2)cc1.[B]. The van der Waals surface area contributed by atoms with Crippen molar-refractivity contribution < 1.29 is 27.2 Å². The highest BCUT2D eigenvalue weighted by atomic mass is 32.2. The second kappa shape index (κ2) is 25.3. The Morgan fingerprint density at radius 1 is 0.623 bits per heavy atom. The van der Waals surface area contributed by atoms with Crippen molar-refractivity contribution in [3.8, 4) is 35.2 Å². The molecule has 2 heterocycles. The maximum absolute atomic E-state index is 12.1. The Morgan fingerprint density at radius 3 is 1.53 bits per heavy atom. The van der Waals surface area contributed by atoms with Crippen LogP contribution >= 0.6 is 0 Å². The first-order chi connectivity index (χ1) is 25.4. The summed E-state index contributed by atoms with van der Waals surface area (Å²) in [7, 11) is -3.73. The minimum Gasteiger partial charge on any atom is -0.494 e. The van der Waals surface area contributed by atoms with Crippen molar-refractivity contribution in [1.82, 2.24) is 9.80 Å². The van der Waals surface area contributed by atoms with E-state index in [1.807, 2.05) is 55.5 Å². The smallest absolute Gasteiger partial charge is 0.297 e. The summed E-state index contributed by atoms with van der Waals surface area (Å²) in [5, 5.41) is 8.68. The number of piperidine rings is 2. The second-order valence-electron chi connectivity index (χ2n) is 13.2. The van der Waals surface area contributed by atoms with Crippen LogP contribution in [0.2, 0.25) is 0 Å². The number of rotatable bonds is 15. The molecule has 3 radical (unpaired) electrons. The first-order valence-corrected chi connectivity index (χ1v) is 20.3. The molecule has 53 heavy (non-hydrogen) atoms. The lowest BCUT2D eigenvalue weighted by molar-refractivity contribution is 0.205. The Bertz CT molecular complexity index is 1670.